The molecule has 0 radical (unpaired) electrons. The number of ether oxygens (including phenoxy) is 1. The number of amides is 1. The third kappa shape index (κ3) is 5.23. The highest BCUT2D eigenvalue weighted by atomic mass is 32.1. The molecule has 190 valence electrons. The molecule has 0 fully saturated rings. The van der Waals surface area contributed by atoms with Crippen molar-refractivity contribution in [3.05, 3.63) is 41.0 Å². The fourth-order valence-corrected chi connectivity index (χ4v) is 7.04. The SMILES string of the molecule is COCCNCCC(=O)Nc1sc2c(c1-c1nc3cc(-c4cnn(C)c4)ccc3s1)C[C@@H](C)N[C@@H]2C. The normalized spacial score (nSPS) is 17.4. The van der Waals surface area contributed by atoms with Crippen LogP contribution in [-0.4, -0.2) is 53.5 Å². The van der Waals surface area contributed by atoms with Crippen LogP contribution < -0.4 is 16.0 Å². The molecule has 10 heteroatoms. The highest BCUT2D eigenvalue weighted by molar-refractivity contribution is 7.23. The molecule has 4 aromatic rings. The smallest absolute Gasteiger partial charge is 0.226 e. The molecule has 0 saturated carbocycles. The molecule has 0 aliphatic carbocycles. The monoisotopic (exact) mass is 524 g/mol. The standard InChI is InChI=1S/C26H32N6O2S2/c1-15-11-19-23(25-30-20-12-17(5-6-21(20)35-25)18-13-28-32(3)14-18)26(36-24(19)16(2)29-15)31-22(33)7-8-27-9-10-34-4/h5-6,12-16,27,29H,7-11H2,1-4H3,(H,31,33)/t15-,16-/m1/s1. The van der Waals surface area contributed by atoms with Crippen LogP contribution in [0.2, 0.25) is 0 Å². The summed E-state index contributed by atoms with van der Waals surface area (Å²) in [6.07, 6.45) is 5.20. The van der Waals surface area contributed by atoms with Crippen molar-refractivity contribution in [1.29, 1.82) is 0 Å². The highest BCUT2D eigenvalue weighted by Crippen LogP contribution is 2.47. The lowest BCUT2D eigenvalue weighted by molar-refractivity contribution is -0.116. The number of benzene rings is 1. The van der Waals surface area contributed by atoms with Crippen molar-refractivity contribution in [3.63, 3.8) is 0 Å². The number of nitrogens with zero attached hydrogens (tertiary/aromatic N) is 3. The van der Waals surface area contributed by atoms with E-state index in [1.807, 2.05) is 24.1 Å². The first kappa shape index (κ1) is 25.0. The van der Waals surface area contributed by atoms with Crippen molar-refractivity contribution >= 4 is 43.8 Å². The second-order valence-electron chi connectivity index (χ2n) is 9.29. The number of hydrogen-bond acceptors (Lipinski definition) is 8. The average molecular weight is 525 g/mol. The second kappa shape index (κ2) is 10.8. The predicted molar refractivity (Wildman–Crippen MR) is 148 cm³/mol. The molecule has 2 atom stereocenters. The number of anilines is 1. The molecule has 0 unspecified atom stereocenters. The van der Waals surface area contributed by atoms with Gasteiger partial charge in [-0.1, -0.05) is 6.07 Å². The van der Waals surface area contributed by atoms with E-state index in [1.54, 1.807) is 29.8 Å². The van der Waals surface area contributed by atoms with E-state index in [1.165, 1.54) is 10.4 Å². The topological polar surface area (TPSA) is 93.1 Å². The number of rotatable bonds is 9. The number of carbonyl (C=O) groups excluding carboxylic acids is 1. The largest absolute Gasteiger partial charge is 0.383 e. The molecule has 1 amide bonds. The Morgan fingerprint density at radius 1 is 1.25 bits per heavy atom. The van der Waals surface area contributed by atoms with Gasteiger partial charge in [0.25, 0.3) is 0 Å². The van der Waals surface area contributed by atoms with Crippen molar-refractivity contribution in [1.82, 2.24) is 25.4 Å². The zero-order valence-electron chi connectivity index (χ0n) is 21.1. The average Bonchev–Trinajstić information content (AvgIpc) is 3.54. The number of hydrogen-bond donors (Lipinski definition) is 3. The number of carbonyl (C=O) groups is 1. The van der Waals surface area contributed by atoms with Crippen LogP contribution in [0.15, 0.2) is 30.6 Å². The van der Waals surface area contributed by atoms with E-state index >= 15 is 0 Å². The van der Waals surface area contributed by atoms with Gasteiger partial charge in [0.1, 0.15) is 10.0 Å². The van der Waals surface area contributed by atoms with E-state index in [0.717, 1.165) is 49.9 Å². The van der Waals surface area contributed by atoms with Gasteiger partial charge in [0.05, 0.1) is 23.0 Å². The Bertz CT molecular complexity index is 1370. The lowest BCUT2D eigenvalue weighted by atomic mass is 9.95. The van der Waals surface area contributed by atoms with Crippen LogP contribution in [0.4, 0.5) is 5.00 Å². The number of nitrogens with one attached hydrogen (secondary N) is 3. The Morgan fingerprint density at radius 3 is 2.89 bits per heavy atom. The van der Waals surface area contributed by atoms with E-state index < -0.39 is 0 Å². The van der Waals surface area contributed by atoms with Gasteiger partial charge in [-0.05, 0) is 43.5 Å². The maximum absolute atomic E-state index is 12.8. The first-order chi connectivity index (χ1) is 17.4. The summed E-state index contributed by atoms with van der Waals surface area (Å²) in [6.45, 7) is 6.38. The number of methoxy groups -OCH3 is 1. The summed E-state index contributed by atoms with van der Waals surface area (Å²) in [6, 6.07) is 6.98. The minimum absolute atomic E-state index is 0.00778. The number of aryl methyl sites for hydroxylation is 1. The van der Waals surface area contributed by atoms with E-state index in [-0.39, 0.29) is 11.9 Å². The van der Waals surface area contributed by atoms with Gasteiger partial charge < -0.3 is 20.7 Å². The minimum atomic E-state index is 0.00778. The maximum atomic E-state index is 12.8. The summed E-state index contributed by atoms with van der Waals surface area (Å²) >= 11 is 3.36. The van der Waals surface area contributed by atoms with E-state index in [2.05, 4.69) is 53.1 Å². The van der Waals surface area contributed by atoms with Gasteiger partial charge in [0.2, 0.25) is 5.91 Å². The van der Waals surface area contributed by atoms with Crippen LogP contribution in [0.5, 0.6) is 0 Å². The fourth-order valence-electron chi connectivity index (χ4n) is 4.69. The molecule has 4 heterocycles. The summed E-state index contributed by atoms with van der Waals surface area (Å²) in [4.78, 5) is 19.2. The Morgan fingerprint density at radius 2 is 2.11 bits per heavy atom. The quantitative estimate of drug-likeness (QED) is 0.278. The van der Waals surface area contributed by atoms with Crippen LogP contribution in [0.25, 0.3) is 31.9 Å². The molecule has 0 bridgehead atoms. The van der Waals surface area contributed by atoms with Crippen molar-refractivity contribution < 1.29 is 9.53 Å². The van der Waals surface area contributed by atoms with Gasteiger partial charge in [0.15, 0.2) is 0 Å². The first-order valence-corrected chi connectivity index (χ1v) is 13.9. The molecule has 0 saturated heterocycles. The molecule has 8 nitrogen and oxygen atoms in total. The number of thiazole rings is 1. The molecule has 3 N–H and O–H groups in total. The number of fused-ring (bicyclic) bond motifs is 2. The van der Waals surface area contributed by atoms with Gasteiger partial charge in [-0.25, -0.2) is 4.98 Å². The van der Waals surface area contributed by atoms with Gasteiger partial charge in [0, 0.05) is 68.0 Å². The lowest BCUT2D eigenvalue weighted by Gasteiger charge is -2.26. The fraction of sp³-hybridized carbons (Fsp3) is 0.423. The van der Waals surface area contributed by atoms with Crippen molar-refractivity contribution in [2.45, 2.75) is 38.8 Å². The molecule has 36 heavy (non-hydrogen) atoms. The number of aromatic nitrogens is 3. The summed E-state index contributed by atoms with van der Waals surface area (Å²) in [5.41, 5.74) is 5.52. The number of thiophene rings is 1. The Balaban J connectivity index is 1.47. The molecule has 5 rings (SSSR count). The van der Waals surface area contributed by atoms with Crippen LogP contribution in [0.1, 0.15) is 36.8 Å². The summed E-state index contributed by atoms with van der Waals surface area (Å²) in [5.74, 6) is 0.00778. The third-order valence-electron chi connectivity index (χ3n) is 6.38. The molecular formula is C26H32N6O2S2. The first-order valence-electron chi connectivity index (χ1n) is 12.2. The molecule has 1 aliphatic rings. The Hall–Kier alpha value is -2.63. The lowest BCUT2D eigenvalue weighted by Crippen LogP contribution is -2.35. The summed E-state index contributed by atoms with van der Waals surface area (Å²) in [7, 11) is 3.60. The molecule has 1 aromatic carbocycles. The van der Waals surface area contributed by atoms with Crippen molar-refractivity contribution in [2.24, 2.45) is 7.05 Å². The summed E-state index contributed by atoms with van der Waals surface area (Å²) in [5, 5.41) is 16.3. The van der Waals surface area contributed by atoms with Crippen LogP contribution in [0.3, 0.4) is 0 Å². The van der Waals surface area contributed by atoms with Crippen LogP contribution in [-0.2, 0) is 23.0 Å². The van der Waals surface area contributed by atoms with Crippen molar-refractivity contribution in [2.75, 3.05) is 32.1 Å². The van der Waals surface area contributed by atoms with Crippen LogP contribution >= 0.6 is 22.7 Å². The molecule has 3 aromatic heterocycles. The van der Waals surface area contributed by atoms with E-state index in [0.29, 0.717) is 25.6 Å². The molecular weight excluding hydrogens is 492 g/mol. The maximum Gasteiger partial charge on any atom is 0.226 e. The summed E-state index contributed by atoms with van der Waals surface area (Å²) < 4.78 is 7.99. The zero-order chi connectivity index (χ0) is 25.2. The van der Waals surface area contributed by atoms with Gasteiger partial charge in [-0.2, -0.15) is 5.10 Å². The minimum Gasteiger partial charge on any atom is -0.383 e. The second-order valence-corrected chi connectivity index (χ2v) is 11.4. The van der Waals surface area contributed by atoms with Gasteiger partial charge >= 0.3 is 0 Å². The highest BCUT2D eigenvalue weighted by Gasteiger charge is 2.30. The van der Waals surface area contributed by atoms with E-state index in [4.69, 9.17) is 9.72 Å². The van der Waals surface area contributed by atoms with Crippen molar-refractivity contribution in [3.8, 4) is 21.7 Å². The van der Waals surface area contributed by atoms with Gasteiger partial charge in [-0.15, -0.1) is 22.7 Å². The Labute approximate surface area is 219 Å². The predicted octanol–water partition coefficient (Wildman–Crippen LogP) is 4.59. The third-order valence-corrected chi connectivity index (χ3v) is 8.76. The van der Waals surface area contributed by atoms with E-state index in [9.17, 15) is 4.79 Å². The van der Waals surface area contributed by atoms with Crippen LogP contribution in [0, 0.1) is 0 Å². The Kier molecular flexibility index (Phi) is 7.49. The van der Waals surface area contributed by atoms with Gasteiger partial charge in [-0.3, -0.25) is 9.48 Å². The zero-order valence-corrected chi connectivity index (χ0v) is 22.7. The molecule has 1 aliphatic heterocycles. The molecule has 0 spiro atoms.